The van der Waals surface area contributed by atoms with Crippen molar-refractivity contribution < 1.29 is 32.5 Å². The average Bonchev–Trinajstić information content (AvgIpc) is 2.55. The van der Waals surface area contributed by atoms with Crippen molar-refractivity contribution in [3.63, 3.8) is 0 Å². The predicted octanol–water partition coefficient (Wildman–Crippen LogP) is 4.44. The minimum atomic E-state index is -4.58. The predicted molar refractivity (Wildman–Crippen MR) is 84.9 cm³/mol. The Balaban J connectivity index is 2.42. The van der Waals surface area contributed by atoms with E-state index < -0.39 is 24.0 Å². The number of carboxylic acid groups (broad SMARTS) is 1. The Kier molecular flexibility index (Phi) is 5.66. The van der Waals surface area contributed by atoms with Crippen LogP contribution >= 0.6 is 0 Å². The molecule has 0 amide bonds. The van der Waals surface area contributed by atoms with Crippen LogP contribution in [0.3, 0.4) is 0 Å². The smallest absolute Gasteiger partial charge is 0.416 e. The molecule has 0 aliphatic heterocycles. The van der Waals surface area contributed by atoms with E-state index in [1.807, 2.05) is 0 Å². The summed E-state index contributed by atoms with van der Waals surface area (Å²) in [5.41, 5.74) is -0.348. The van der Waals surface area contributed by atoms with Crippen LogP contribution in [-0.2, 0) is 15.7 Å². The Morgan fingerprint density at radius 1 is 1.12 bits per heavy atom. The van der Waals surface area contributed by atoms with Crippen molar-refractivity contribution in [3.05, 3.63) is 59.2 Å². The fourth-order valence-electron chi connectivity index (χ4n) is 2.30. The topological polar surface area (TPSA) is 67.8 Å². The van der Waals surface area contributed by atoms with E-state index in [-0.39, 0.29) is 11.3 Å². The van der Waals surface area contributed by atoms with Crippen molar-refractivity contribution >= 4 is 17.3 Å². The molecule has 0 saturated heterocycles. The summed E-state index contributed by atoms with van der Waals surface area (Å²) in [6.07, 6.45) is -5.23. The lowest BCUT2D eigenvalue weighted by Gasteiger charge is -2.16. The highest BCUT2D eigenvalue weighted by molar-refractivity contribution is 5.95. The molecule has 2 aromatic rings. The van der Waals surface area contributed by atoms with Crippen LogP contribution in [0.5, 0.6) is 0 Å². The molecule has 134 valence electrons. The standard InChI is InChI=1S/C17H16F3NO4/c1-24-16(25-2)10-4-3-5-12(8-10)21-14-9-11(17(18,19)20)6-7-13(14)15(22)23/h3-9,16,21H,1-2H3,(H,22,23). The van der Waals surface area contributed by atoms with Gasteiger partial charge in [-0.15, -0.1) is 0 Å². The number of nitrogens with one attached hydrogen (secondary N) is 1. The Hall–Kier alpha value is -2.58. The number of ether oxygens (including phenoxy) is 2. The normalized spacial score (nSPS) is 11.6. The van der Waals surface area contributed by atoms with E-state index >= 15 is 0 Å². The van der Waals surface area contributed by atoms with E-state index in [9.17, 15) is 23.1 Å². The number of hydrogen-bond donors (Lipinski definition) is 2. The summed E-state index contributed by atoms with van der Waals surface area (Å²) >= 11 is 0. The third kappa shape index (κ3) is 4.49. The van der Waals surface area contributed by atoms with Crippen LogP contribution in [0.15, 0.2) is 42.5 Å². The van der Waals surface area contributed by atoms with Gasteiger partial charge in [-0.3, -0.25) is 0 Å². The molecule has 0 heterocycles. The van der Waals surface area contributed by atoms with Crippen LogP contribution in [0, 0.1) is 0 Å². The van der Waals surface area contributed by atoms with Gasteiger partial charge in [0.15, 0.2) is 6.29 Å². The molecule has 5 nitrogen and oxygen atoms in total. The molecule has 2 rings (SSSR count). The van der Waals surface area contributed by atoms with Crippen molar-refractivity contribution in [2.24, 2.45) is 0 Å². The van der Waals surface area contributed by atoms with Gasteiger partial charge in [-0.05, 0) is 30.3 Å². The van der Waals surface area contributed by atoms with Crippen molar-refractivity contribution in [2.45, 2.75) is 12.5 Å². The van der Waals surface area contributed by atoms with Crippen molar-refractivity contribution in [1.29, 1.82) is 0 Å². The zero-order chi connectivity index (χ0) is 18.6. The van der Waals surface area contributed by atoms with Crippen LogP contribution in [-0.4, -0.2) is 25.3 Å². The number of methoxy groups -OCH3 is 2. The van der Waals surface area contributed by atoms with E-state index in [4.69, 9.17) is 9.47 Å². The maximum atomic E-state index is 12.9. The van der Waals surface area contributed by atoms with E-state index in [2.05, 4.69) is 5.32 Å². The third-order valence-electron chi connectivity index (χ3n) is 3.44. The molecule has 8 heteroatoms. The minimum absolute atomic E-state index is 0.161. The van der Waals surface area contributed by atoms with Gasteiger partial charge in [0.25, 0.3) is 0 Å². The molecule has 2 N–H and O–H groups in total. The zero-order valence-electron chi connectivity index (χ0n) is 13.4. The van der Waals surface area contributed by atoms with Crippen LogP contribution < -0.4 is 5.32 Å². The van der Waals surface area contributed by atoms with Gasteiger partial charge in [0.2, 0.25) is 0 Å². The number of hydrogen-bond acceptors (Lipinski definition) is 4. The Morgan fingerprint density at radius 3 is 2.36 bits per heavy atom. The van der Waals surface area contributed by atoms with Crippen molar-refractivity contribution in [3.8, 4) is 0 Å². The molecule has 0 aliphatic carbocycles. The lowest BCUT2D eigenvalue weighted by atomic mass is 10.1. The number of carbonyl (C=O) groups is 1. The van der Waals surface area contributed by atoms with Gasteiger partial charge in [0.1, 0.15) is 0 Å². The summed E-state index contributed by atoms with van der Waals surface area (Å²) in [7, 11) is 2.90. The monoisotopic (exact) mass is 355 g/mol. The quantitative estimate of drug-likeness (QED) is 0.750. The van der Waals surface area contributed by atoms with Gasteiger partial charge < -0.3 is 19.9 Å². The maximum Gasteiger partial charge on any atom is 0.416 e. The van der Waals surface area contributed by atoms with Gasteiger partial charge in [0, 0.05) is 25.5 Å². The number of alkyl halides is 3. The van der Waals surface area contributed by atoms with Crippen LogP contribution in [0.1, 0.15) is 27.8 Å². The third-order valence-corrected chi connectivity index (χ3v) is 3.44. The first-order chi connectivity index (χ1) is 11.8. The molecule has 0 saturated carbocycles. The van der Waals surface area contributed by atoms with Gasteiger partial charge in [-0.1, -0.05) is 12.1 Å². The number of carboxylic acids is 1. The summed E-state index contributed by atoms with van der Waals surface area (Å²) in [4.78, 5) is 11.3. The molecule has 0 bridgehead atoms. The van der Waals surface area contributed by atoms with Crippen LogP contribution in [0.2, 0.25) is 0 Å². The molecule has 25 heavy (non-hydrogen) atoms. The number of benzene rings is 2. The van der Waals surface area contributed by atoms with E-state index in [1.54, 1.807) is 24.3 Å². The van der Waals surface area contributed by atoms with E-state index in [0.717, 1.165) is 18.2 Å². The molecule has 0 aromatic heterocycles. The first kappa shape index (κ1) is 18.8. The largest absolute Gasteiger partial charge is 0.478 e. The molecule has 0 atom stereocenters. The second kappa shape index (κ2) is 7.54. The fourth-order valence-corrected chi connectivity index (χ4v) is 2.30. The Labute approximate surface area is 142 Å². The first-order valence-electron chi connectivity index (χ1n) is 7.13. The number of anilines is 2. The fraction of sp³-hybridized carbons (Fsp3) is 0.235. The van der Waals surface area contributed by atoms with Crippen molar-refractivity contribution in [2.75, 3.05) is 19.5 Å². The second-order valence-corrected chi connectivity index (χ2v) is 5.12. The number of halogens is 3. The highest BCUT2D eigenvalue weighted by Gasteiger charge is 2.31. The molecule has 0 spiro atoms. The molecule has 2 aromatic carbocycles. The second-order valence-electron chi connectivity index (χ2n) is 5.12. The molecular formula is C17H16F3NO4. The van der Waals surface area contributed by atoms with Crippen molar-refractivity contribution in [1.82, 2.24) is 0 Å². The first-order valence-corrected chi connectivity index (χ1v) is 7.13. The Bertz CT molecular complexity index is 758. The number of rotatable bonds is 6. The lowest BCUT2D eigenvalue weighted by Crippen LogP contribution is -2.09. The number of aromatic carboxylic acids is 1. The van der Waals surface area contributed by atoms with E-state index in [0.29, 0.717) is 11.3 Å². The molecule has 0 aliphatic rings. The van der Waals surface area contributed by atoms with Gasteiger partial charge in [0.05, 0.1) is 16.8 Å². The highest BCUT2D eigenvalue weighted by Crippen LogP contribution is 2.33. The van der Waals surface area contributed by atoms with E-state index in [1.165, 1.54) is 14.2 Å². The maximum absolute atomic E-state index is 12.9. The summed E-state index contributed by atoms with van der Waals surface area (Å²) in [5.74, 6) is -1.33. The highest BCUT2D eigenvalue weighted by atomic mass is 19.4. The summed E-state index contributed by atoms with van der Waals surface area (Å²) < 4.78 is 48.9. The average molecular weight is 355 g/mol. The van der Waals surface area contributed by atoms with Crippen LogP contribution in [0.25, 0.3) is 0 Å². The van der Waals surface area contributed by atoms with Gasteiger partial charge in [-0.25, -0.2) is 4.79 Å². The van der Waals surface area contributed by atoms with Gasteiger partial charge in [-0.2, -0.15) is 13.2 Å². The summed E-state index contributed by atoms with van der Waals surface area (Å²) in [6, 6.07) is 8.98. The SMILES string of the molecule is COC(OC)c1cccc(Nc2cc(C(F)(F)F)ccc2C(=O)O)c1. The lowest BCUT2D eigenvalue weighted by molar-refractivity contribution is -0.137. The molecule has 0 fully saturated rings. The van der Waals surface area contributed by atoms with Gasteiger partial charge >= 0.3 is 12.1 Å². The summed E-state index contributed by atoms with van der Waals surface area (Å²) in [5, 5.41) is 11.9. The minimum Gasteiger partial charge on any atom is -0.478 e. The molecular weight excluding hydrogens is 339 g/mol. The summed E-state index contributed by atoms with van der Waals surface area (Å²) in [6.45, 7) is 0. The molecule has 0 radical (unpaired) electrons. The Morgan fingerprint density at radius 2 is 1.80 bits per heavy atom. The van der Waals surface area contributed by atoms with Crippen LogP contribution in [0.4, 0.5) is 24.5 Å². The zero-order valence-corrected chi connectivity index (χ0v) is 13.4. The molecule has 0 unspecified atom stereocenters.